The molecule has 0 unspecified atom stereocenters. The van der Waals surface area contributed by atoms with E-state index in [-0.39, 0.29) is 30.3 Å². The molecule has 2 aromatic rings. The molecule has 0 saturated heterocycles. The molecular weight excluding hydrogens is 456 g/mol. The Balaban J connectivity index is 1.95. The lowest BCUT2D eigenvalue weighted by molar-refractivity contribution is -0.137. The quantitative estimate of drug-likeness (QED) is 0.446. The maximum Gasteiger partial charge on any atom is 0.303 e. The first-order chi connectivity index (χ1) is 12.8. The highest BCUT2D eigenvalue weighted by atomic mass is 79.9. The Morgan fingerprint density at radius 2 is 2.19 bits per heavy atom. The maximum atomic E-state index is 12.7. The molecule has 0 fully saturated rings. The molecule has 2 heterocycles. The van der Waals surface area contributed by atoms with Crippen molar-refractivity contribution in [3.63, 3.8) is 0 Å². The highest BCUT2D eigenvalue weighted by molar-refractivity contribution is 9.10. The van der Waals surface area contributed by atoms with Crippen molar-refractivity contribution in [1.29, 1.82) is 5.41 Å². The van der Waals surface area contributed by atoms with Crippen LogP contribution in [0.4, 0.5) is 0 Å². The van der Waals surface area contributed by atoms with Crippen LogP contribution in [-0.4, -0.2) is 32.4 Å². The highest BCUT2D eigenvalue weighted by Gasteiger charge is 2.29. The number of Topliss-reactive ketones (excluding diaryl/α,β-unsaturated/α-hetero) is 1. The third kappa shape index (κ3) is 4.02. The van der Waals surface area contributed by atoms with Gasteiger partial charge in [-0.15, -0.1) is 11.3 Å². The van der Waals surface area contributed by atoms with E-state index < -0.39 is 11.8 Å². The molecule has 140 valence electrons. The molecule has 0 amide bonds. The van der Waals surface area contributed by atoms with Crippen LogP contribution in [0.15, 0.2) is 28.2 Å². The molecule has 10 heteroatoms. The molecular formula is C17H13BrN2O5S2. The summed E-state index contributed by atoms with van der Waals surface area (Å²) in [7, 11) is 0. The van der Waals surface area contributed by atoms with Crippen molar-refractivity contribution in [1.82, 2.24) is 4.57 Å². The Labute approximate surface area is 171 Å². The standard InChI is InChI=1S/C17H13BrN2O5S2/c18-8-3-4-11-9(6-8)14(23)10(15(19)25-11)7-12-16(24)20(17(26)27-12)5-1-2-13(21)22/h3-4,6-7,19,24H,1-2,5H2,(H,21,22). The predicted octanol–water partition coefficient (Wildman–Crippen LogP) is 4.25. The summed E-state index contributed by atoms with van der Waals surface area (Å²) >= 11 is 9.59. The van der Waals surface area contributed by atoms with Gasteiger partial charge in [-0.2, -0.15) is 0 Å². The second kappa shape index (κ2) is 7.75. The minimum Gasteiger partial charge on any atom is -0.493 e. The van der Waals surface area contributed by atoms with E-state index in [1.165, 1.54) is 10.6 Å². The van der Waals surface area contributed by atoms with Crippen LogP contribution in [0.5, 0.6) is 11.6 Å². The van der Waals surface area contributed by atoms with E-state index in [0.29, 0.717) is 31.0 Å². The number of carboxylic acid groups (broad SMARTS) is 1. The third-order valence-electron chi connectivity index (χ3n) is 3.83. The summed E-state index contributed by atoms with van der Waals surface area (Å²) in [6, 6.07) is 4.92. The fourth-order valence-electron chi connectivity index (χ4n) is 2.54. The number of carbonyl (C=O) groups is 2. The van der Waals surface area contributed by atoms with Crippen LogP contribution < -0.4 is 4.74 Å². The molecule has 0 aliphatic carbocycles. The molecule has 0 bridgehead atoms. The molecule has 27 heavy (non-hydrogen) atoms. The largest absolute Gasteiger partial charge is 0.493 e. The number of aromatic nitrogens is 1. The Hall–Kier alpha value is -2.30. The highest BCUT2D eigenvalue weighted by Crippen LogP contribution is 2.34. The molecule has 7 nitrogen and oxygen atoms in total. The van der Waals surface area contributed by atoms with Crippen molar-refractivity contribution in [2.24, 2.45) is 0 Å². The summed E-state index contributed by atoms with van der Waals surface area (Å²) in [5, 5.41) is 27.1. The van der Waals surface area contributed by atoms with Crippen molar-refractivity contribution >= 4 is 63.2 Å². The predicted molar refractivity (Wildman–Crippen MR) is 106 cm³/mol. The zero-order valence-corrected chi connectivity index (χ0v) is 16.9. The van der Waals surface area contributed by atoms with Gasteiger partial charge >= 0.3 is 5.97 Å². The first kappa shape index (κ1) is 19.5. The molecule has 1 aromatic heterocycles. The minimum absolute atomic E-state index is 0.00448. The summed E-state index contributed by atoms with van der Waals surface area (Å²) in [6.45, 7) is 0.244. The SMILES string of the molecule is N=C1Oc2ccc(Br)cc2C(=O)C1=Cc1sc(=S)n(CCCC(=O)O)c1O. The van der Waals surface area contributed by atoms with Crippen molar-refractivity contribution < 1.29 is 24.5 Å². The van der Waals surface area contributed by atoms with Crippen LogP contribution in [0.25, 0.3) is 6.08 Å². The number of hydrogen-bond acceptors (Lipinski definition) is 7. The summed E-state index contributed by atoms with van der Waals surface area (Å²) in [6.07, 6.45) is 1.64. The molecule has 0 saturated carbocycles. The van der Waals surface area contributed by atoms with Gasteiger partial charge in [0.15, 0.2) is 3.95 Å². The molecule has 3 rings (SSSR count). The van der Waals surface area contributed by atoms with Crippen LogP contribution >= 0.6 is 39.5 Å². The molecule has 0 spiro atoms. The van der Waals surface area contributed by atoms with Crippen molar-refractivity contribution in [2.45, 2.75) is 19.4 Å². The van der Waals surface area contributed by atoms with Crippen molar-refractivity contribution in [3.05, 3.63) is 42.6 Å². The number of carbonyl (C=O) groups excluding carboxylic acids is 1. The number of hydrogen-bond donors (Lipinski definition) is 3. The first-order valence-corrected chi connectivity index (χ1v) is 9.77. The monoisotopic (exact) mass is 468 g/mol. The van der Waals surface area contributed by atoms with E-state index in [9.17, 15) is 14.7 Å². The maximum absolute atomic E-state index is 12.7. The number of ketones is 1. The summed E-state index contributed by atoms with van der Waals surface area (Å²) in [5.41, 5.74) is 0.320. The zero-order valence-electron chi connectivity index (χ0n) is 13.7. The van der Waals surface area contributed by atoms with Gasteiger partial charge < -0.3 is 14.9 Å². The number of halogens is 1. The second-order valence-electron chi connectivity index (χ2n) is 5.66. The molecule has 0 radical (unpaired) electrons. The number of ether oxygens (including phenoxy) is 1. The van der Waals surface area contributed by atoms with Crippen LogP contribution in [0.3, 0.4) is 0 Å². The van der Waals surface area contributed by atoms with Crippen molar-refractivity contribution in [3.8, 4) is 11.6 Å². The van der Waals surface area contributed by atoms with Gasteiger partial charge in [0, 0.05) is 17.4 Å². The Kier molecular flexibility index (Phi) is 5.59. The van der Waals surface area contributed by atoms with E-state index in [2.05, 4.69) is 15.9 Å². The second-order valence-corrected chi connectivity index (χ2v) is 8.26. The van der Waals surface area contributed by atoms with E-state index in [1.807, 2.05) is 0 Å². The number of aromatic hydroxyl groups is 1. The molecule has 0 atom stereocenters. The lowest BCUT2D eigenvalue weighted by atomic mass is 9.99. The lowest BCUT2D eigenvalue weighted by Crippen LogP contribution is -2.24. The topological polar surface area (TPSA) is 113 Å². The molecule has 1 aliphatic heterocycles. The Morgan fingerprint density at radius 3 is 2.89 bits per heavy atom. The molecule has 1 aromatic carbocycles. The molecule has 3 N–H and O–H groups in total. The smallest absolute Gasteiger partial charge is 0.303 e. The normalized spacial score (nSPS) is 14.9. The minimum atomic E-state index is -0.929. The lowest BCUT2D eigenvalue weighted by Gasteiger charge is -2.19. The van der Waals surface area contributed by atoms with Crippen LogP contribution in [0, 0.1) is 9.36 Å². The number of fused-ring (bicyclic) bond motifs is 1. The number of nitrogens with one attached hydrogen (secondary N) is 1. The Morgan fingerprint density at radius 1 is 1.44 bits per heavy atom. The Bertz CT molecular complexity index is 1050. The molecule has 1 aliphatic rings. The van der Waals surface area contributed by atoms with Crippen LogP contribution in [-0.2, 0) is 11.3 Å². The number of carboxylic acids is 1. The summed E-state index contributed by atoms with van der Waals surface area (Å²) < 4.78 is 7.88. The van der Waals surface area contributed by atoms with Crippen LogP contribution in [0.1, 0.15) is 28.1 Å². The average molecular weight is 469 g/mol. The van der Waals surface area contributed by atoms with Crippen LogP contribution in [0.2, 0.25) is 0 Å². The van der Waals surface area contributed by atoms with Gasteiger partial charge in [0.25, 0.3) is 0 Å². The zero-order chi connectivity index (χ0) is 19.7. The first-order valence-electron chi connectivity index (χ1n) is 7.75. The van der Waals surface area contributed by atoms with Gasteiger partial charge in [0.2, 0.25) is 17.6 Å². The van der Waals surface area contributed by atoms with Gasteiger partial charge in [-0.05, 0) is 42.9 Å². The van der Waals surface area contributed by atoms with Gasteiger partial charge in [-0.1, -0.05) is 15.9 Å². The van der Waals surface area contributed by atoms with E-state index in [4.69, 9.17) is 27.5 Å². The number of nitrogens with zero attached hydrogens (tertiary/aromatic N) is 1. The number of rotatable bonds is 5. The average Bonchev–Trinajstić information content (AvgIpc) is 2.86. The van der Waals surface area contributed by atoms with Crippen molar-refractivity contribution in [2.75, 3.05) is 0 Å². The number of benzene rings is 1. The van der Waals surface area contributed by atoms with Gasteiger partial charge in [-0.3, -0.25) is 19.6 Å². The van der Waals surface area contributed by atoms with E-state index >= 15 is 0 Å². The van der Waals surface area contributed by atoms with E-state index in [0.717, 1.165) is 11.3 Å². The number of aliphatic carboxylic acids is 1. The number of thiazole rings is 1. The fraction of sp³-hybridized carbons (Fsp3) is 0.176. The van der Waals surface area contributed by atoms with E-state index in [1.54, 1.807) is 18.2 Å². The summed E-state index contributed by atoms with van der Waals surface area (Å²) in [5.74, 6) is -1.50. The van der Waals surface area contributed by atoms with Gasteiger partial charge in [-0.25, -0.2) is 0 Å². The van der Waals surface area contributed by atoms with Gasteiger partial charge in [0.1, 0.15) is 5.75 Å². The third-order valence-corrected chi connectivity index (χ3v) is 5.71. The fourth-order valence-corrected chi connectivity index (χ4v) is 4.20. The summed E-state index contributed by atoms with van der Waals surface area (Å²) in [4.78, 5) is 23.7. The van der Waals surface area contributed by atoms with Gasteiger partial charge in [0.05, 0.1) is 16.0 Å².